The summed E-state index contributed by atoms with van der Waals surface area (Å²) in [6.07, 6.45) is -0.652. The third-order valence-electron chi connectivity index (χ3n) is 2.74. The molecule has 4 nitrogen and oxygen atoms in total. The number of benzene rings is 1. The second-order valence-corrected chi connectivity index (χ2v) is 6.08. The van der Waals surface area contributed by atoms with Crippen molar-refractivity contribution in [2.24, 2.45) is 0 Å². The van der Waals surface area contributed by atoms with E-state index in [2.05, 4.69) is 0 Å². The van der Waals surface area contributed by atoms with Crippen LogP contribution in [0, 0.1) is 11.6 Å². The summed E-state index contributed by atoms with van der Waals surface area (Å²) in [4.78, 5) is 12.1. The number of amides is 1. The molecule has 0 saturated carbocycles. The first-order valence-corrected chi connectivity index (χ1v) is 6.91. The molecule has 1 aromatic rings. The topological polar surface area (TPSA) is 54.5 Å². The summed E-state index contributed by atoms with van der Waals surface area (Å²) >= 11 is 5.43. The quantitative estimate of drug-likeness (QED) is 0.785. The van der Waals surface area contributed by atoms with Crippen LogP contribution in [0.5, 0.6) is 0 Å². The molecule has 1 aromatic carbocycles. The van der Waals surface area contributed by atoms with Crippen LogP contribution >= 0.6 is 11.6 Å². The van der Waals surface area contributed by atoms with Crippen LogP contribution in [0.4, 0.5) is 18.4 Å². The zero-order valence-corrected chi connectivity index (χ0v) is 10.8. The summed E-state index contributed by atoms with van der Waals surface area (Å²) in [6, 6.07) is 1.56. The van der Waals surface area contributed by atoms with Gasteiger partial charge >= 0.3 is 10.2 Å². The lowest BCUT2D eigenvalue weighted by atomic mass is 10.2. The van der Waals surface area contributed by atoms with Crippen molar-refractivity contribution in [1.29, 1.82) is 0 Å². The lowest BCUT2D eigenvalue weighted by Gasteiger charge is -2.17. The smallest absolute Gasteiger partial charge is 0.306 e. The number of halogens is 4. The molecule has 0 bridgehead atoms. The van der Waals surface area contributed by atoms with Crippen molar-refractivity contribution in [3.63, 3.8) is 0 Å². The van der Waals surface area contributed by atoms with Crippen molar-refractivity contribution < 1.29 is 25.9 Å². The summed E-state index contributed by atoms with van der Waals surface area (Å²) in [5, 5.41) is -1.82. The molecule has 0 aliphatic carbocycles. The van der Waals surface area contributed by atoms with Crippen LogP contribution in [-0.2, 0) is 15.0 Å². The Hall–Kier alpha value is -1.28. The number of hydrogen-bond acceptors (Lipinski definition) is 3. The van der Waals surface area contributed by atoms with E-state index >= 15 is 0 Å². The Balaban J connectivity index is 2.42. The minimum atomic E-state index is -4.94. The van der Waals surface area contributed by atoms with Crippen molar-refractivity contribution in [1.82, 2.24) is 0 Å². The SMILES string of the molecule is O=C1CC(S(=O)(=O)F)CN1c1c(F)cc(Cl)cc1F. The standard InChI is InChI=1S/C10H7ClF3NO3S/c11-5-1-7(12)10(8(13)2-5)15-4-6(3-9(15)16)19(14,17)18/h1-2,6H,3-4H2. The average molecular weight is 314 g/mol. The molecule has 1 saturated heterocycles. The molecule has 1 atom stereocenters. The van der Waals surface area contributed by atoms with Gasteiger partial charge in [-0.15, -0.1) is 3.89 Å². The summed E-state index contributed by atoms with van der Waals surface area (Å²) in [5.74, 6) is -3.10. The number of anilines is 1. The molecule has 19 heavy (non-hydrogen) atoms. The Kier molecular flexibility index (Phi) is 3.48. The molecule has 2 rings (SSSR count). The highest BCUT2D eigenvalue weighted by Gasteiger charge is 2.40. The lowest BCUT2D eigenvalue weighted by Crippen LogP contribution is -2.28. The van der Waals surface area contributed by atoms with Crippen molar-refractivity contribution >= 4 is 33.4 Å². The molecule has 0 spiro atoms. The second-order valence-electron chi connectivity index (χ2n) is 4.02. The molecule has 1 heterocycles. The second kappa shape index (κ2) is 4.68. The molecule has 0 radical (unpaired) electrons. The normalized spacial score (nSPS) is 20.1. The van der Waals surface area contributed by atoms with Crippen LogP contribution < -0.4 is 4.90 Å². The van der Waals surface area contributed by atoms with E-state index in [0.717, 1.165) is 12.1 Å². The van der Waals surface area contributed by atoms with Crippen LogP contribution in [0.1, 0.15) is 6.42 Å². The zero-order chi connectivity index (χ0) is 14.4. The maximum absolute atomic E-state index is 13.6. The lowest BCUT2D eigenvalue weighted by molar-refractivity contribution is -0.117. The molecule has 1 amide bonds. The highest BCUT2D eigenvalue weighted by atomic mass is 35.5. The van der Waals surface area contributed by atoms with E-state index in [1.165, 1.54) is 0 Å². The molecule has 1 unspecified atom stereocenters. The Morgan fingerprint density at radius 2 is 1.79 bits per heavy atom. The first-order chi connectivity index (χ1) is 8.70. The van der Waals surface area contributed by atoms with E-state index in [0.29, 0.717) is 4.90 Å². The van der Waals surface area contributed by atoms with Gasteiger partial charge in [0.05, 0.1) is 0 Å². The van der Waals surface area contributed by atoms with Crippen LogP contribution in [0.3, 0.4) is 0 Å². The maximum atomic E-state index is 13.6. The Labute approximate surface area is 112 Å². The van der Waals surface area contributed by atoms with E-state index in [-0.39, 0.29) is 5.02 Å². The van der Waals surface area contributed by atoms with Gasteiger partial charge in [0.1, 0.15) is 10.9 Å². The third-order valence-corrected chi connectivity index (χ3v) is 4.07. The number of hydrogen-bond donors (Lipinski definition) is 0. The van der Waals surface area contributed by atoms with Crippen LogP contribution in [0.25, 0.3) is 0 Å². The van der Waals surface area contributed by atoms with Gasteiger partial charge in [0.15, 0.2) is 11.6 Å². The van der Waals surface area contributed by atoms with Gasteiger partial charge in [-0.1, -0.05) is 11.6 Å². The first-order valence-electron chi connectivity index (χ1n) is 5.08. The third kappa shape index (κ3) is 2.69. The molecule has 104 valence electrons. The average Bonchev–Trinajstić information content (AvgIpc) is 2.59. The van der Waals surface area contributed by atoms with Gasteiger partial charge in [0, 0.05) is 18.0 Å². The first kappa shape index (κ1) is 14.1. The molecule has 1 fully saturated rings. The van der Waals surface area contributed by atoms with E-state index in [4.69, 9.17) is 11.6 Å². The fourth-order valence-corrected chi connectivity index (χ4v) is 2.73. The summed E-state index contributed by atoms with van der Waals surface area (Å²) < 4.78 is 61.5. The predicted octanol–water partition coefficient (Wildman–Crippen LogP) is 2.02. The highest BCUT2D eigenvalue weighted by molar-refractivity contribution is 7.87. The Bertz CT molecular complexity index is 626. The van der Waals surface area contributed by atoms with Gasteiger partial charge < -0.3 is 4.90 Å². The monoisotopic (exact) mass is 313 g/mol. The fourth-order valence-electron chi connectivity index (χ4n) is 1.87. The summed E-state index contributed by atoms with van der Waals surface area (Å²) in [6.45, 7) is -0.632. The number of rotatable bonds is 2. The summed E-state index contributed by atoms with van der Waals surface area (Å²) in [7, 11) is -4.94. The largest absolute Gasteiger partial charge is 0.307 e. The Morgan fingerprint density at radius 1 is 1.26 bits per heavy atom. The summed E-state index contributed by atoms with van der Waals surface area (Å²) in [5.41, 5.74) is -0.722. The molecular weight excluding hydrogens is 307 g/mol. The molecule has 0 aromatic heterocycles. The van der Waals surface area contributed by atoms with Gasteiger partial charge in [-0.2, -0.15) is 8.42 Å². The van der Waals surface area contributed by atoms with Gasteiger partial charge in [0.2, 0.25) is 5.91 Å². The number of carbonyl (C=O) groups excluding carboxylic acids is 1. The van der Waals surface area contributed by atoms with E-state index in [1.54, 1.807) is 0 Å². The zero-order valence-electron chi connectivity index (χ0n) is 9.24. The van der Waals surface area contributed by atoms with Crippen LogP contribution in [0.15, 0.2) is 12.1 Å². The molecule has 1 aliphatic rings. The number of carbonyl (C=O) groups is 1. The fraction of sp³-hybridized carbons (Fsp3) is 0.300. The van der Waals surface area contributed by atoms with E-state index < -0.39 is 51.7 Å². The van der Waals surface area contributed by atoms with Crippen LogP contribution in [0.2, 0.25) is 5.02 Å². The van der Waals surface area contributed by atoms with E-state index in [9.17, 15) is 25.9 Å². The minimum absolute atomic E-state index is 0.208. The maximum Gasteiger partial charge on any atom is 0.307 e. The van der Waals surface area contributed by atoms with Crippen LogP contribution in [-0.4, -0.2) is 26.1 Å². The minimum Gasteiger partial charge on any atom is -0.306 e. The molecular formula is C10H7ClF3NO3S. The highest BCUT2D eigenvalue weighted by Crippen LogP contribution is 2.32. The Morgan fingerprint density at radius 3 is 2.21 bits per heavy atom. The van der Waals surface area contributed by atoms with Gasteiger partial charge in [-0.25, -0.2) is 8.78 Å². The molecule has 9 heteroatoms. The van der Waals surface area contributed by atoms with Gasteiger partial charge in [0.25, 0.3) is 0 Å². The van der Waals surface area contributed by atoms with Crippen molar-refractivity contribution in [2.45, 2.75) is 11.7 Å². The van der Waals surface area contributed by atoms with E-state index in [1.807, 2.05) is 0 Å². The van der Waals surface area contributed by atoms with Crippen molar-refractivity contribution in [3.8, 4) is 0 Å². The van der Waals surface area contributed by atoms with Crippen molar-refractivity contribution in [3.05, 3.63) is 28.8 Å². The molecule has 0 N–H and O–H groups in total. The van der Waals surface area contributed by atoms with Gasteiger partial charge in [-0.3, -0.25) is 4.79 Å². The van der Waals surface area contributed by atoms with Crippen molar-refractivity contribution in [2.75, 3.05) is 11.4 Å². The predicted molar refractivity (Wildman–Crippen MR) is 62.2 cm³/mol. The number of nitrogens with zero attached hydrogens (tertiary/aromatic N) is 1. The molecule has 1 aliphatic heterocycles. The van der Waals surface area contributed by atoms with Gasteiger partial charge in [-0.05, 0) is 12.1 Å².